The summed E-state index contributed by atoms with van der Waals surface area (Å²) in [6, 6.07) is 16.2. The molecule has 2 nitrogen and oxygen atoms in total. The lowest BCUT2D eigenvalue weighted by atomic mass is 9.64. The largest absolute Gasteiger partial charge is 0.291 e. The monoisotopic (exact) mass is 300 g/mol. The van der Waals surface area contributed by atoms with Crippen molar-refractivity contribution in [2.75, 3.05) is 0 Å². The Morgan fingerprint density at radius 2 is 1.57 bits per heavy atom. The number of hydrogen-bond acceptors (Lipinski definition) is 2. The summed E-state index contributed by atoms with van der Waals surface area (Å²) in [6.45, 7) is 0. The molecule has 0 N–H and O–H groups in total. The average Bonchev–Trinajstić information content (AvgIpc) is 3.22. The third-order valence-electron chi connectivity index (χ3n) is 4.78. The molecule has 1 saturated carbocycles. The van der Waals surface area contributed by atoms with Crippen LogP contribution >= 0.6 is 0 Å². The van der Waals surface area contributed by atoms with Crippen molar-refractivity contribution >= 4 is 23.7 Å². The van der Waals surface area contributed by atoms with E-state index in [0.717, 1.165) is 17.5 Å². The zero-order chi connectivity index (χ0) is 15.9. The quantitative estimate of drug-likeness (QED) is 0.694. The molecule has 1 fully saturated rings. The van der Waals surface area contributed by atoms with Gasteiger partial charge in [0.15, 0.2) is 0 Å². The molecule has 2 aromatic carbocycles. The van der Waals surface area contributed by atoms with E-state index in [1.807, 2.05) is 36.4 Å². The smallest absolute Gasteiger partial charge is 0.213 e. The predicted octanol–water partition coefficient (Wildman–Crippen LogP) is 3.75. The maximum absolute atomic E-state index is 11.5. The molecule has 1 spiro atoms. The zero-order valence-electron chi connectivity index (χ0n) is 12.7. The van der Waals surface area contributed by atoms with Crippen LogP contribution in [0.25, 0.3) is 12.2 Å². The number of ketones is 2. The van der Waals surface area contributed by atoms with Gasteiger partial charge in [0.25, 0.3) is 0 Å². The molecule has 2 aromatic rings. The molecule has 3 aliphatic rings. The summed E-state index contributed by atoms with van der Waals surface area (Å²) >= 11 is 0. The number of allylic oxidation sites excluding steroid dienone is 2. The first-order valence-corrected chi connectivity index (χ1v) is 7.81. The Hall–Kier alpha value is -2.74. The van der Waals surface area contributed by atoms with Crippen molar-refractivity contribution in [3.8, 4) is 0 Å². The highest BCUT2D eigenvalue weighted by Gasteiger charge is 2.54. The third kappa shape index (κ3) is 2.10. The first kappa shape index (κ1) is 13.9. The summed E-state index contributed by atoms with van der Waals surface area (Å²) in [5.41, 5.74) is 4.31. The molecule has 23 heavy (non-hydrogen) atoms. The Morgan fingerprint density at radius 1 is 0.826 bits per heavy atom. The van der Waals surface area contributed by atoms with Crippen LogP contribution in [0.5, 0.6) is 0 Å². The van der Waals surface area contributed by atoms with Crippen molar-refractivity contribution in [2.24, 2.45) is 0 Å². The molecular weight excluding hydrogens is 284 g/mol. The minimum absolute atomic E-state index is 0.244. The van der Waals surface area contributed by atoms with Crippen LogP contribution in [0, 0.1) is 0 Å². The number of carbonyl (C=O) groups excluding carboxylic acids is 2. The average molecular weight is 300 g/mol. The fourth-order valence-corrected chi connectivity index (χ4v) is 3.47. The van der Waals surface area contributed by atoms with Crippen molar-refractivity contribution in [2.45, 2.75) is 18.3 Å². The topological polar surface area (TPSA) is 34.1 Å². The van der Waals surface area contributed by atoms with Crippen molar-refractivity contribution in [3.63, 3.8) is 0 Å². The Labute approximate surface area is 135 Å². The van der Waals surface area contributed by atoms with Gasteiger partial charge in [0.1, 0.15) is 0 Å². The van der Waals surface area contributed by atoms with Crippen LogP contribution in [0.3, 0.4) is 0 Å². The fraction of sp³-hybridized carbons (Fsp3) is 0.143. The van der Waals surface area contributed by atoms with E-state index in [9.17, 15) is 9.59 Å². The van der Waals surface area contributed by atoms with E-state index < -0.39 is 5.41 Å². The molecule has 1 atom stereocenters. The second-order valence-corrected chi connectivity index (χ2v) is 6.13. The zero-order valence-corrected chi connectivity index (χ0v) is 12.7. The van der Waals surface area contributed by atoms with Crippen molar-refractivity contribution in [1.82, 2.24) is 0 Å². The number of benzene rings is 2. The van der Waals surface area contributed by atoms with E-state index >= 15 is 0 Å². The van der Waals surface area contributed by atoms with Gasteiger partial charge in [0.05, 0.1) is 5.41 Å². The van der Waals surface area contributed by atoms with Crippen molar-refractivity contribution < 1.29 is 9.59 Å². The molecular formula is C21H16O2. The van der Waals surface area contributed by atoms with Gasteiger partial charge >= 0.3 is 0 Å². The minimum atomic E-state index is -0.590. The molecule has 0 saturated heterocycles. The van der Waals surface area contributed by atoms with E-state index in [0.29, 0.717) is 6.42 Å². The second-order valence-electron chi connectivity index (χ2n) is 6.13. The number of Topliss-reactive ketones (excluding diaryl/α,β-unsaturated/α-hetero) is 2. The standard InChI is InChI=1S/C12H8O2.C9H8/c13-10-7-12(11(10)14)6-5-8-3-1-2-4-9(8)12;1-2-5-9-7-3-6-8(9)4-1/h1-6H,7H2;1-6H,7H2. The van der Waals surface area contributed by atoms with Crippen LogP contribution < -0.4 is 0 Å². The van der Waals surface area contributed by atoms with Gasteiger partial charge in [0.2, 0.25) is 11.6 Å². The van der Waals surface area contributed by atoms with E-state index in [2.05, 4.69) is 36.4 Å². The minimum Gasteiger partial charge on any atom is -0.291 e. The van der Waals surface area contributed by atoms with Crippen LogP contribution in [-0.2, 0) is 21.4 Å². The molecule has 5 rings (SSSR count). The Kier molecular flexibility index (Phi) is 3.12. The van der Waals surface area contributed by atoms with Gasteiger partial charge in [-0.05, 0) is 28.7 Å². The highest BCUT2D eigenvalue weighted by atomic mass is 16.2. The Bertz CT molecular complexity index is 873. The molecule has 112 valence electrons. The van der Waals surface area contributed by atoms with Gasteiger partial charge in [-0.3, -0.25) is 9.59 Å². The van der Waals surface area contributed by atoms with Crippen LogP contribution in [0.2, 0.25) is 0 Å². The molecule has 0 bridgehead atoms. The van der Waals surface area contributed by atoms with Crippen LogP contribution in [0.15, 0.2) is 60.7 Å². The van der Waals surface area contributed by atoms with Crippen LogP contribution in [-0.4, -0.2) is 11.6 Å². The van der Waals surface area contributed by atoms with Gasteiger partial charge in [0, 0.05) is 6.42 Å². The van der Waals surface area contributed by atoms with Gasteiger partial charge in [-0.25, -0.2) is 0 Å². The van der Waals surface area contributed by atoms with E-state index in [4.69, 9.17) is 0 Å². The first-order chi connectivity index (χ1) is 11.2. The van der Waals surface area contributed by atoms with Gasteiger partial charge in [-0.15, -0.1) is 0 Å². The van der Waals surface area contributed by atoms with Crippen LogP contribution in [0.4, 0.5) is 0 Å². The summed E-state index contributed by atoms with van der Waals surface area (Å²) in [4.78, 5) is 22.6. The lowest BCUT2D eigenvalue weighted by Crippen LogP contribution is -2.50. The summed E-state index contributed by atoms with van der Waals surface area (Å²) in [5.74, 6) is -0.495. The van der Waals surface area contributed by atoms with E-state index in [1.165, 1.54) is 11.1 Å². The Morgan fingerprint density at radius 3 is 2.30 bits per heavy atom. The maximum Gasteiger partial charge on any atom is 0.213 e. The summed E-state index contributed by atoms with van der Waals surface area (Å²) in [7, 11) is 0. The number of hydrogen-bond donors (Lipinski definition) is 0. The SMILES string of the molecule is C1=Cc2ccccc2C1.O=C1CC2(C=Cc3ccccc32)C1=O. The van der Waals surface area contributed by atoms with Gasteiger partial charge < -0.3 is 0 Å². The van der Waals surface area contributed by atoms with Crippen molar-refractivity contribution in [1.29, 1.82) is 0 Å². The molecule has 0 aromatic heterocycles. The van der Waals surface area contributed by atoms with Crippen LogP contribution in [0.1, 0.15) is 28.7 Å². The number of fused-ring (bicyclic) bond motifs is 3. The molecule has 0 amide bonds. The van der Waals surface area contributed by atoms with Crippen molar-refractivity contribution in [3.05, 3.63) is 82.9 Å². The highest BCUT2D eigenvalue weighted by molar-refractivity contribution is 6.49. The predicted molar refractivity (Wildman–Crippen MR) is 91.0 cm³/mol. The van der Waals surface area contributed by atoms with Gasteiger partial charge in [-0.1, -0.05) is 72.8 Å². The fourth-order valence-electron chi connectivity index (χ4n) is 3.47. The third-order valence-corrected chi connectivity index (χ3v) is 4.78. The normalized spacial score (nSPS) is 22.4. The summed E-state index contributed by atoms with van der Waals surface area (Å²) < 4.78 is 0. The second kappa shape index (κ2) is 5.17. The molecule has 0 heterocycles. The maximum atomic E-state index is 11.5. The first-order valence-electron chi connectivity index (χ1n) is 7.81. The number of carbonyl (C=O) groups is 2. The van der Waals surface area contributed by atoms with Gasteiger partial charge in [-0.2, -0.15) is 0 Å². The summed E-state index contributed by atoms with van der Waals surface area (Å²) in [5, 5.41) is 0. The summed E-state index contributed by atoms with van der Waals surface area (Å²) in [6.07, 6.45) is 9.64. The van der Waals surface area contributed by atoms with E-state index in [1.54, 1.807) is 0 Å². The molecule has 2 heteroatoms. The lowest BCUT2D eigenvalue weighted by molar-refractivity contribution is -0.146. The molecule has 1 unspecified atom stereocenters. The molecule has 3 aliphatic carbocycles. The molecule has 0 aliphatic heterocycles. The Balaban J connectivity index is 0.000000130. The molecule has 0 radical (unpaired) electrons. The van der Waals surface area contributed by atoms with E-state index in [-0.39, 0.29) is 11.6 Å². The number of rotatable bonds is 0. The lowest BCUT2D eigenvalue weighted by Gasteiger charge is -2.34. The highest BCUT2D eigenvalue weighted by Crippen LogP contribution is 2.45.